The molecule has 0 N–H and O–H groups in total. The second kappa shape index (κ2) is 2.35. The van der Waals surface area contributed by atoms with Crippen LogP contribution in [0.25, 0.3) is 0 Å². The molecule has 3 nitrogen and oxygen atoms in total. The summed E-state index contributed by atoms with van der Waals surface area (Å²) in [7, 11) is 0. The second-order valence-electron chi connectivity index (χ2n) is 2.01. The van der Waals surface area contributed by atoms with Crippen molar-refractivity contribution in [3.8, 4) is 0 Å². The fraction of sp³-hybridized carbons (Fsp3) is 0.833. The maximum Gasteiger partial charge on any atom is 0.337 e. The zero-order valence-corrected chi connectivity index (χ0v) is 5.59. The largest absolute Gasteiger partial charge is 0.464 e. The van der Waals surface area contributed by atoms with Gasteiger partial charge in [0.05, 0.1) is 12.7 Å². The Bertz CT molecular complexity index is 121. The molecule has 0 bridgehead atoms. The molecule has 1 aliphatic rings. The van der Waals surface area contributed by atoms with Gasteiger partial charge in [-0.1, -0.05) is 0 Å². The predicted octanol–water partition coefficient (Wildman–Crippen LogP) is 0.337. The predicted molar refractivity (Wildman–Crippen MR) is 31.0 cm³/mol. The molecule has 0 radical (unpaired) electrons. The van der Waals surface area contributed by atoms with Crippen LogP contribution >= 0.6 is 0 Å². The van der Waals surface area contributed by atoms with Crippen molar-refractivity contribution in [2.75, 3.05) is 6.61 Å². The molecule has 3 heteroatoms. The summed E-state index contributed by atoms with van der Waals surface area (Å²) in [6, 6.07) is 0. The number of hydrogen-bond donors (Lipinski definition) is 0. The third-order valence-corrected chi connectivity index (χ3v) is 1.23. The van der Waals surface area contributed by atoms with E-state index in [-0.39, 0.29) is 18.2 Å². The molecule has 0 aromatic rings. The maximum absolute atomic E-state index is 10.7. The summed E-state index contributed by atoms with van der Waals surface area (Å²) in [5.41, 5.74) is 0. The topological polar surface area (TPSA) is 38.8 Å². The first-order chi connectivity index (χ1) is 4.25. The lowest BCUT2D eigenvalue weighted by Crippen LogP contribution is -2.12. The summed E-state index contributed by atoms with van der Waals surface area (Å²) in [6.07, 6.45) is -0.200. The number of hydrogen-bond acceptors (Lipinski definition) is 3. The fourth-order valence-electron chi connectivity index (χ4n) is 0.657. The third kappa shape index (κ3) is 1.42. The smallest absolute Gasteiger partial charge is 0.337 e. The molecule has 1 unspecified atom stereocenters. The average Bonchev–Trinajstić information content (AvgIpc) is 2.47. The lowest BCUT2D eigenvalue weighted by molar-refractivity contribution is -0.144. The van der Waals surface area contributed by atoms with E-state index in [1.54, 1.807) is 6.92 Å². The summed E-state index contributed by atoms with van der Waals surface area (Å²) in [5.74, 6) is -0.231. The van der Waals surface area contributed by atoms with Gasteiger partial charge in [-0.25, -0.2) is 4.79 Å². The minimum atomic E-state index is -0.273. The lowest BCUT2D eigenvalue weighted by atomic mass is 10.3. The number of carbonyl (C=O) groups excluding carboxylic acids is 1. The van der Waals surface area contributed by atoms with Crippen molar-refractivity contribution in [1.29, 1.82) is 0 Å². The van der Waals surface area contributed by atoms with Crippen LogP contribution in [-0.4, -0.2) is 24.8 Å². The maximum atomic E-state index is 10.7. The molecule has 0 aromatic carbocycles. The van der Waals surface area contributed by atoms with Crippen LogP contribution in [0.3, 0.4) is 0 Å². The monoisotopic (exact) mass is 130 g/mol. The summed E-state index contributed by atoms with van der Waals surface area (Å²) in [5, 5.41) is 0. The van der Waals surface area contributed by atoms with E-state index in [0.717, 1.165) is 0 Å². The van der Waals surface area contributed by atoms with E-state index < -0.39 is 0 Å². The molecule has 0 spiro atoms. The molecule has 2 atom stereocenters. The molecule has 0 saturated carbocycles. The summed E-state index contributed by atoms with van der Waals surface area (Å²) < 4.78 is 9.53. The van der Waals surface area contributed by atoms with Crippen LogP contribution < -0.4 is 0 Å². The standard InChI is InChI=1S/C6H10O3/c1-3-8-6(7)5-4(2)9-5/h4-5H,3H2,1-2H3/t4?,5-/m0/s1. The molecule has 1 rings (SSSR count). The van der Waals surface area contributed by atoms with Gasteiger partial charge in [0.25, 0.3) is 0 Å². The van der Waals surface area contributed by atoms with Crippen LogP contribution in [0.5, 0.6) is 0 Å². The van der Waals surface area contributed by atoms with Crippen molar-refractivity contribution in [2.45, 2.75) is 26.1 Å². The summed E-state index contributed by atoms with van der Waals surface area (Å²) in [6.45, 7) is 4.07. The number of ether oxygens (including phenoxy) is 2. The zero-order chi connectivity index (χ0) is 6.85. The highest BCUT2D eigenvalue weighted by Crippen LogP contribution is 2.21. The fourth-order valence-corrected chi connectivity index (χ4v) is 0.657. The Labute approximate surface area is 53.9 Å². The Hall–Kier alpha value is -0.570. The van der Waals surface area contributed by atoms with Crippen LogP contribution in [0.15, 0.2) is 0 Å². The molecule has 1 aliphatic heterocycles. The SMILES string of the molecule is CCOC(=O)[C@H]1OC1C. The molecule has 0 aliphatic carbocycles. The molecule has 1 saturated heterocycles. The zero-order valence-electron chi connectivity index (χ0n) is 5.59. The van der Waals surface area contributed by atoms with Crippen molar-refractivity contribution in [3.63, 3.8) is 0 Å². The lowest BCUT2D eigenvalue weighted by Gasteiger charge is -1.94. The van der Waals surface area contributed by atoms with Crippen LogP contribution in [0.4, 0.5) is 0 Å². The van der Waals surface area contributed by atoms with Gasteiger partial charge in [0.1, 0.15) is 0 Å². The first-order valence-corrected chi connectivity index (χ1v) is 3.07. The number of carbonyl (C=O) groups is 1. The molecular formula is C6H10O3. The highest BCUT2D eigenvalue weighted by molar-refractivity contribution is 5.77. The molecule has 9 heavy (non-hydrogen) atoms. The Morgan fingerprint density at radius 3 is 2.67 bits per heavy atom. The van der Waals surface area contributed by atoms with Gasteiger partial charge in [-0.3, -0.25) is 0 Å². The van der Waals surface area contributed by atoms with Gasteiger partial charge in [-0.2, -0.15) is 0 Å². The van der Waals surface area contributed by atoms with Crippen molar-refractivity contribution in [1.82, 2.24) is 0 Å². The van der Waals surface area contributed by atoms with E-state index in [9.17, 15) is 4.79 Å². The van der Waals surface area contributed by atoms with E-state index in [2.05, 4.69) is 4.74 Å². The summed E-state index contributed by atoms with van der Waals surface area (Å²) >= 11 is 0. The van der Waals surface area contributed by atoms with Gasteiger partial charge in [0.2, 0.25) is 0 Å². The van der Waals surface area contributed by atoms with Gasteiger partial charge in [0.15, 0.2) is 6.10 Å². The highest BCUT2D eigenvalue weighted by Gasteiger charge is 2.42. The molecule has 1 fully saturated rings. The Balaban J connectivity index is 2.20. The number of rotatable bonds is 2. The third-order valence-electron chi connectivity index (χ3n) is 1.23. The van der Waals surface area contributed by atoms with Crippen molar-refractivity contribution in [2.24, 2.45) is 0 Å². The van der Waals surface area contributed by atoms with E-state index in [1.165, 1.54) is 0 Å². The summed E-state index contributed by atoms with van der Waals surface area (Å²) in [4.78, 5) is 10.7. The highest BCUT2D eigenvalue weighted by atomic mass is 16.6. The van der Waals surface area contributed by atoms with E-state index in [1.807, 2.05) is 6.92 Å². The minimum Gasteiger partial charge on any atom is -0.464 e. The molecule has 0 aromatic heterocycles. The van der Waals surface area contributed by atoms with Gasteiger partial charge in [-0.05, 0) is 13.8 Å². The van der Waals surface area contributed by atoms with Gasteiger partial charge in [0, 0.05) is 0 Å². The molecular weight excluding hydrogens is 120 g/mol. The number of epoxide rings is 1. The normalized spacial score (nSPS) is 31.8. The van der Waals surface area contributed by atoms with E-state index >= 15 is 0 Å². The van der Waals surface area contributed by atoms with Gasteiger partial charge < -0.3 is 9.47 Å². The van der Waals surface area contributed by atoms with Crippen LogP contribution in [0.1, 0.15) is 13.8 Å². The molecule has 52 valence electrons. The minimum absolute atomic E-state index is 0.0732. The second-order valence-corrected chi connectivity index (χ2v) is 2.01. The average molecular weight is 130 g/mol. The Morgan fingerprint density at radius 2 is 2.33 bits per heavy atom. The first-order valence-electron chi connectivity index (χ1n) is 3.07. The van der Waals surface area contributed by atoms with E-state index in [4.69, 9.17) is 4.74 Å². The number of esters is 1. The quantitative estimate of drug-likeness (QED) is 0.399. The Morgan fingerprint density at radius 1 is 1.78 bits per heavy atom. The van der Waals surface area contributed by atoms with Crippen molar-refractivity contribution in [3.05, 3.63) is 0 Å². The van der Waals surface area contributed by atoms with E-state index in [0.29, 0.717) is 6.61 Å². The van der Waals surface area contributed by atoms with Crippen molar-refractivity contribution >= 4 is 5.97 Å². The van der Waals surface area contributed by atoms with Crippen LogP contribution in [0.2, 0.25) is 0 Å². The van der Waals surface area contributed by atoms with Crippen LogP contribution in [-0.2, 0) is 14.3 Å². The van der Waals surface area contributed by atoms with Gasteiger partial charge >= 0.3 is 5.97 Å². The Kier molecular flexibility index (Phi) is 1.71. The molecule has 0 amide bonds. The van der Waals surface area contributed by atoms with Gasteiger partial charge in [-0.15, -0.1) is 0 Å². The molecule has 1 heterocycles. The van der Waals surface area contributed by atoms with Crippen molar-refractivity contribution < 1.29 is 14.3 Å². The van der Waals surface area contributed by atoms with Crippen LogP contribution in [0, 0.1) is 0 Å². The first kappa shape index (κ1) is 6.55.